The van der Waals surface area contributed by atoms with Gasteiger partial charge in [-0.2, -0.15) is 37.9 Å². The normalized spacial score (nSPS) is 40.6. The lowest BCUT2D eigenvalue weighted by atomic mass is 10.3. The van der Waals surface area contributed by atoms with Crippen LogP contribution in [-0.4, -0.2) is 11.2 Å². The predicted octanol–water partition coefficient (Wildman–Crippen LogP) is 4.40. The highest BCUT2D eigenvalue weighted by molar-refractivity contribution is 8.48. The van der Waals surface area contributed by atoms with Crippen LogP contribution < -0.4 is 0 Å². The van der Waals surface area contributed by atoms with Crippen LogP contribution in [0.25, 0.3) is 0 Å². The fraction of sp³-hybridized carbons (Fsp3) is 1.00. The minimum Gasteiger partial charge on any atom is -0.154 e. The van der Waals surface area contributed by atoms with Crippen LogP contribution in [0.15, 0.2) is 0 Å². The molecule has 0 radical (unpaired) electrons. The van der Waals surface area contributed by atoms with Crippen molar-refractivity contribution in [2.24, 2.45) is 0 Å². The van der Waals surface area contributed by atoms with E-state index in [0.717, 1.165) is 6.42 Å². The molecule has 0 N–H and O–H groups in total. The van der Waals surface area contributed by atoms with Gasteiger partial charge in [-0.1, -0.05) is 19.8 Å². The smallest absolute Gasteiger partial charge is 0.107 e. The molecule has 1 saturated heterocycles. The summed E-state index contributed by atoms with van der Waals surface area (Å²) in [6, 6.07) is 0. The van der Waals surface area contributed by atoms with Crippen LogP contribution in [0.1, 0.15) is 26.2 Å². The number of thioether (sulfide) groups is 3. The van der Waals surface area contributed by atoms with Crippen LogP contribution in [0.2, 0.25) is 0 Å². The molecule has 0 amide bonds. The highest BCUT2D eigenvalue weighted by atomic mass is 32.3. The first-order valence-electron chi connectivity index (χ1n) is 4.15. The highest BCUT2D eigenvalue weighted by Crippen LogP contribution is 2.59. The molecule has 0 spiro atoms. The van der Waals surface area contributed by atoms with E-state index < -0.39 is 0 Å². The van der Waals surface area contributed by atoms with Gasteiger partial charge in [-0.25, -0.2) is 0 Å². The number of rotatable bonds is 3. The summed E-state index contributed by atoms with van der Waals surface area (Å²) >= 11 is 19.1. The summed E-state index contributed by atoms with van der Waals surface area (Å²) < 4.78 is 0.663. The van der Waals surface area contributed by atoms with Gasteiger partial charge < -0.3 is 0 Å². The zero-order valence-corrected chi connectivity index (χ0v) is 12.5. The first-order chi connectivity index (χ1) is 6.06. The van der Waals surface area contributed by atoms with E-state index in [-0.39, 0.29) is 3.41 Å². The Balaban J connectivity index is 2.45. The topological polar surface area (TPSA) is 0 Å². The SMILES string of the molecule is CCCCC1(S)SC(S)SC(S)S1. The summed E-state index contributed by atoms with van der Waals surface area (Å²) in [6.45, 7) is 2.21. The van der Waals surface area contributed by atoms with Gasteiger partial charge in [0.15, 0.2) is 0 Å². The molecule has 0 bridgehead atoms. The number of hydrogen-bond donors (Lipinski definition) is 3. The molecule has 0 aromatic heterocycles. The second-order valence-electron chi connectivity index (χ2n) is 2.80. The summed E-state index contributed by atoms with van der Waals surface area (Å²) in [5.41, 5.74) is 0. The van der Waals surface area contributed by atoms with E-state index in [0.29, 0.717) is 7.83 Å². The van der Waals surface area contributed by atoms with Crippen molar-refractivity contribution in [1.29, 1.82) is 0 Å². The minimum atomic E-state index is 0.0279. The molecule has 0 nitrogen and oxygen atoms in total. The molecule has 2 atom stereocenters. The average Bonchev–Trinajstić information content (AvgIpc) is 1.98. The van der Waals surface area contributed by atoms with Crippen molar-refractivity contribution < 1.29 is 0 Å². The number of unbranched alkanes of at least 4 members (excludes halogenated alkanes) is 1. The molecule has 6 heteroatoms. The molecule has 0 aliphatic carbocycles. The molecular formula is C7H14S6. The van der Waals surface area contributed by atoms with E-state index in [4.69, 9.17) is 12.6 Å². The van der Waals surface area contributed by atoms with E-state index >= 15 is 0 Å². The van der Waals surface area contributed by atoms with Crippen LogP contribution in [0.4, 0.5) is 0 Å². The Hall–Kier alpha value is 2.10. The van der Waals surface area contributed by atoms with Crippen molar-refractivity contribution in [1.82, 2.24) is 0 Å². The Morgan fingerprint density at radius 2 is 1.77 bits per heavy atom. The van der Waals surface area contributed by atoms with Crippen LogP contribution in [0, 0.1) is 0 Å². The van der Waals surface area contributed by atoms with Crippen LogP contribution in [0.3, 0.4) is 0 Å². The standard InChI is InChI=1S/C7H14S6/c1-2-3-4-7(10)12-5(8)11-6(9)13-7/h5-6,8-10H,2-4H2,1H3. The Kier molecular flexibility index (Phi) is 6.07. The molecule has 2 unspecified atom stereocenters. The van der Waals surface area contributed by atoms with Crippen molar-refractivity contribution in [2.75, 3.05) is 0 Å². The maximum atomic E-state index is 4.72. The fourth-order valence-electron chi connectivity index (χ4n) is 1.02. The van der Waals surface area contributed by atoms with E-state index in [1.54, 1.807) is 11.8 Å². The molecule has 1 heterocycles. The molecule has 1 aliphatic heterocycles. The van der Waals surface area contributed by atoms with E-state index in [2.05, 4.69) is 32.2 Å². The molecule has 13 heavy (non-hydrogen) atoms. The van der Waals surface area contributed by atoms with Gasteiger partial charge in [-0.15, -0.1) is 35.3 Å². The molecule has 1 rings (SSSR count). The van der Waals surface area contributed by atoms with Gasteiger partial charge in [-0.05, 0) is 6.42 Å². The molecule has 0 saturated carbocycles. The molecule has 0 aromatic rings. The van der Waals surface area contributed by atoms with Gasteiger partial charge >= 0.3 is 0 Å². The first-order valence-corrected chi connectivity index (χ1v) is 8.33. The predicted molar refractivity (Wildman–Crippen MR) is 79.6 cm³/mol. The fourth-order valence-corrected chi connectivity index (χ4v) is 10.6. The molecule has 1 aliphatic rings. The lowest BCUT2D eigenvalue weighted by Gasteiger charge is -2.36. The zero-order chi connectivity index (χ0) is 9.90. The van der Waals surface area contributed by atoms with Crippen LogP contribution in [0.5, 0.6) is 0 Å². The third-order valence-electron chi connectivity index (χ3n) is 1.65. The van der Waals surface area contributed by atoms with Gasteiger partial charge in [0.1, 0.15) is 3.41 Å². The van der Waals surface area contributed by atoms with Gasteiger partial charge in [-0.3, -0.25) is 0 Å². The Morgan fingerprint density at radius 1 is 1.23 bits per heavy atom. The average molecular weight is 291 g/mol. The monoisotopic (exact) mass is 290 g/mol. The third kappa shape index (κ3) is 4.64. The van der Waals surface area contributed by atoms with Crippen molar-refractivity contribution in [2.45, 2.75) is 37.4 Å². The van der Waals surface area contributed by atoms with Crippen molar-refractivity contribution in [3.63, 3.8) is 0 Å². The maximum Gasteiger partial charge on any atom is 0.107 e. The van der Waals surface area contributed by atoms with Crippen molar-refractivity contribution in [3.05, 3.63) is 0 Å². The van der Waals surface area contributed by atoms with Gasteiger partial charge in [0, 0.05) is 0 Å². The first kappa shape index (κ1) is 13.2. The number of thiol groups is 3. The maximum absolute atomic E-state index is 4.72. The summed E-state index contributed by atoms with van der Waals surface area (Å²) in [6.07, 6.45) is 3.59. The molecule has 1 fully saturated rings. The van der Waals surface area contributed by atoms with E-state index in [1.165, 1.54) is 12.8 Å². The Labute approximate surface area is 110 Å². The molecular weight excluding hydrogens is 276 g/mol. The summed E-state index contributed by atoms with van der Waals surface area (Å²) in [5, 5.41) is 0. The quantitative estimate of drug-likeness (QED) is 0.660. The van der Waals surface area contributed by atoms with E-state index in [1.807, 2.05) is 23.5 Å². The summed E-state index contributed by atoms with van der Waals surface area (Å²) in [7, 11) is 0. The molecule has 0 aromatic carbocycles. The van der Waals surface area contributed by atoms with Crippen molar-refractivity contribution >= 4 is 73.2 Å². The number of hydrogen-bond acceptors (Lipinski definition) is 6. The van der Waals surface area contributed by atoms with Crippen LogP contribution >= 0.6 is 73.2 Å². The zero-order valence-electron chi connectivity index (χ0n) is 7.34. The largest absolute Gasteiger partial charge is 0.154 e. The van der Waals surface area contributed by atoms with Crippen molar-refractivity contribution in [3.8, 4) is 0 Å². The second-order valence-corrected chi connectivity index (χ2v) is 11.5. The molecule has 78 valence electrons. The summed E-state index contributed by atoms with van der Waals surface area (Å²) in [5.74, 6) is 0. The lowest BCUT2D eigenvalue weighted by Crippen LogP contribution is -2.21. The summed E-state index contributed by atoms with van der Waals surface area (Å²) in [4.78, 5) is 0. The van der Waals surface area contributed by atoms with Gasteiger partial charge in [0.05, 0.1) is 7.83 Å². The van der Waals surface area contributed by atoms with Crippen LogP contribution in [-0.2, 0) is 0 Å². The highest BCUT2D eigenvalue weighted by Gasteiger charge is 2.37. The third-order valence-corrected chi connectivity index (χ3v) is 7.70. The van der Waals surface area contributed by atoms with E-state index in [9.17, 15) is 0 Å². The lowest BCUT2D eigenvalue weighted by molar-refractivity contribution is 0.748. The minimum absolute atomic E-state index is 0.0279. The Morgan fingerprint density at radius 3 is 2.23 bits per heavy atom. The second kappa shape index (κ2) is 5.99. The van der Waals surface area contributed by atoms with Gasteiger partial charge in [0.2, 0.25) is 0 Å². The Bertz CT molecular complexity index is 151. The van der Waals surface area contributed by atoms with Gasteiger partial charge in [0.25, 0.3) is 0 Å².